The number of rotatable bonds is 3. The van der Waals surface area contributed by atoms with E-state index in [0.717, 1.165) is 12.1 Å². The van der Waals surface area contributed by atoms with E-state index < -0.39 is 35.5 Å². The molecule has 33 heavy (non-hydrogen) atoms. The van der Waals surface area contributed by atoms with E-state index in [0.29, 0.717) is 22.5 Å². The van der Waals surface area contributed by atoms with Crippen LogP contribution in [0, 0.1) is 0 Å². The molecule has 4 rings (SSSR count). The van der Waals surface area contributed by atoms with Crippen molar-refractivity contribution in [3.05, 3.63) is 94.0 Å². The maximum Gasteiger partial charge on any atom is 0.418 e. The molecule has 0 bridgehead atoms. The zero-order valence-corrected chi connectivity index (χ0v) is 18.4. The highest BCUT2D eigenvalue weighted by Gasteiger charge is 2.34. The van der Waals surface area contributed by atoms with E-state index in [1.807, 2.05) is 18.2 Å². The number of benzodiazepines with no additional fused rings is 1. The maximum absolute atomic E-state index is 13.4. The number of hydrogen-bond acceptors (Lipinski definition) is 3. The minimum Gasteiger partial charge on any atom is -0.322 e. The molecule has 1 aliphatic rings. The number of halogens is 4. The van der Waals surface area contributed by atoms with E-state index in [1.165, 1.54) is 6.07 Å². The highest BCUT2D eigenvalue weighted by molar-refractivity contribution is 9.10. The minimum absolute atomic E-state index is 0.207. The Bertz CT molecular complexity index is 1250. The number of urea groups is 1. The van der Waals surface area contributed by atoms with E-state index >= 15 is 0 Å². The Morgan fingerprint density at radius 1 is 1.00 bits per heavy atom. The second-order valence-electron chi connectivity index (χ2n) is 7.07. The van der Waals surface area contributed by atoms with Gasteiger partial charge in [0.25, 0.3) is 5.91 Å². The molecule has 0 saturated carbocycles. The van der Waals surface area contributed by atoms with Gasteiger partial charge in [-0.25, -0.2) is 9.79 Å². The summed E-state index contributed by atoms with van der Waals surface area (Å²) in [6.45, 7) is 0. The molecule has 3 aromatic carbocycles. The van der Waals surface area contributed by atoms with Gasteiger partial charge in [0.1, 0.15) is 0 Å². The molecule has 0 aliphatic carbocycles. The molecule has 0 saturated heterocycles. The fraction of sp³-hybridized carbons (Fsp3) is 0.0870. The number of hydrogen-bond donors (Lipinski definition) is 3. The summed E-state index contributed by atoms with van der Waals surface area (Å²) in [5.74, 6) is -0.629. The van der Waals surface area contributed by atoms with E-state index in [2.05, 4.69) is 36.9 Å². The lowest BCUT2D eigenvalue weighted by atomic mass is 10.0. The highest BCUT2D eigenvalue weighted by Crippen LogP contribution is 2.36. The number of fused-ring (bicyclic) bond motifs is 1. The number of carbonyl (C=O) groups excluding carboxylic acids is 2. The largest absolute Gasteiger partial charge is 0.418 e. The average molecular weight is 517 g/mol. The van der Waals surface area contributed by atoms with Gasteiger partial charge in [0, 0.05) is 15.6 Å². The van der Waals surface area contributed by atoms with Gasteiger partial charge in [-0.05, 0) is 24.3 Å². The third-order valence-corrected chi connectivity index (χ3v) is 5.29. The lowest BCUT2D eigenvalue weighted by Crippen LogP contribution is -2.44. The van der Waals surface area contributed by atoms with Gasteiger partial charge < -0.3 is 16.0 Å². The number of carbonyl (C=O) groups is 2. The summed E-state index contributed by atoms with van der Waals surface area (Å²) in [4.78, 5) is 29.8. The fourth-order valence-corrected chi connectivity index (χ4v) is 3.68. The first-order valence-electron chi connectivity index (χ1n) is 9.70. The Balaban J connectivity index is 1.65. The Kier molecular flexibility index (Phi) is 6.19. The highest BCUT2D eigenvalue weighted by atomic mass is 79.9. The molecule has 1 unspecified atom stereocenters. The smallest absolute Gasteiger partial charge is 0.322 e. The van der Waals surface area contributed by atoms with Gasteiger partial charge >= 0.3 is 12.2 Å². The van der Waals surface area contributed by atoms with Crippen LogP contribution < -0.4 is 16.0 Å². The van der Waals surface area contributed by atoms with Crippen molar-refractivity contribution < 1.29 is 22.8 Å². The predicted octanol–water partition coefficient (Wildman–Crippen LogP) is 5.41. The van der Waals surface area contributed by atoms with Crippen molar-refractivity contribution in [2.45, 2.75) is 12.3 Å². The summed E-state index contributed by atoms with van der Waals surface area (Å²) in [7, 11) is 0. The summed E-state index contributed by atoms with van der Waals surface area (Å²) in [6, 6.07) is 18.4. The molecule has 0 aromatic heterocycles. The number of nitrogens with zero attached hydrogens (tertiary/aromatic N) is 1. The first-order chi connectivity index (χ1) is 15.7. The van der Waals surface area contributed by atoms with E-state index in [4.69, 9.17) is 0 Å². The zero-order valence-electron chi connectivity index (χ0n) is 16.8. The van der Waals surface area contributed by atoms with Crippen molar-refractivity contribution in [3.8, 4) is 0 Å². The number of para-hydroxylation sites is 1. The molecule has 168 valence electrons. The molecule has 10 heteroatoms. The number of anilines is 2. The lowest BCUT2D eigenvalue weighted by molar-refractivity contribution is -0.137. The number of nitrogens with one attached hydrogen (secondary N) is 3. The fourth-order valence-electron chi connectivity index (χ4n) is 3.32. The van der Waals surface area contributed by atoms with E-state index in [1.54, 1.807) is 36.4 Å². The van der Waals surface area contributed by atoms with Crippen LogP contribution in [0.1, 0.15) is 16.7 Å². The van der Waals surface area contributed by atoms with Crippen LogP contribution in [0.25, 0.3) is 0 Å². The van der Waals surface area contributed by atoms with Gasteiger partial charge in [0.2, 0.25) is 6.17 Å². The van der Waals surface area contributed by atoms with Crippen LogP contribution in [-0.2, 0) is 11.0 Å². The molecule has 3 amide bonds. The third kappa shape index (κ3) is 5.06. The second-order valence-corrected chi connectivity index (χ2v) is 7.98. The van der Waals surface area contributed by atoms with Crippen LogP contribution in [0.2, 0.25) is 0 Å². The number of amides is 3. The first kappa shape index (κ1) is 22.5. The molecular formula is C23H16BrF3N4O2. The minimum atomic E-state index is -4.69. The van der Waals surface area contributed by atoms with Crippen molar-refractivity contribution in [3.63, 3.8) is 0 Å². The summed E-state index contributed by atoms with van der Waals surface area (Å²) in [5.41, 5.74) is 0.831. The zero-order chi connectivity index (χ0) is 23.6. The van der Waals surface area contributed by atoms with E-state index in [-0.39, 0.29) is 4.47 Å². The molecule has 1 heterocycles. The Labute approximate surface area is 195 Å². The van der Waals surface area contributed by atoms with Crippen LogP contribution in [0.4, 0.5) is 29.3 Å². The molecule has 1 atom stereocenters. The monoisotopic (exact) mass is 516 g/mol. The van der Waals surface area contributed by atoms with Crippen LogP contribution in [-0.4, -0.2) is 23.8 Å². The molecule has 0 radical (unpaired) electrons. The van der Waals surface area contributed by atoms with Crippen molar-refractivity contribution in [2.75, 3.05) is 10.6 Å². The predicted molar refractivity (Wildman–Crippen MR) is 122 cm³/mol. The van der Waals surface area contributed by atoms with Gasteiger partial charge in [-0.2, -0.15) is 13.2 Å². The molecular weight excluding hydrogens is 501 g/mol. The third-order valence-electron chi connectivity index (χ3n) is 4.80. The van der Waals surface area contributed by atoms with Crippen LogP contribution in [0.3, 0.4) is 0 Å². The standard InChI is InChI=1S/C23H16BrF3N4O2/c24-14-10-11-18(16(12-14)23(25,26)27)29-22(33)31-20-21(32)28-17-9-5-4-8-15(17)19(30-20)13-6-2-1-3-7-13/h1-12,20H,(H,28,32)(H2,29,31,33). The second kappa shape index (κ2) is 9.07. The molecule has 0 fully saturated rings. The average Bonchev–Trinajstić information content (AvgIpc) is 2.91. The number of alkyl halides is 3. The van der Waals surface area contributed by atoms with Crippen molar-refractivity contribution in [1.82, 2.24) is 5.32 Å². The topological polar surface area (TPSA) is 82.6 Å². The molecule has 0 spiro atoms. The number of benzene rings is 3. The summed E-state index contributed by atoms with van der Waals surface area (Å²) >= 11 is 3.00. The molecule has 3 aromatic rings. The molecule has 6 nitrogen and oxygen atoms in total. The van der Waals surface area contributed by atoms with Gasteiger partial charge in [-0.1, -0.05) is 64.5 Å². The molecule has 1 aliphatic heterocycles. The molecule has 3 N–H and O–H groups in total. The Morgan fingerprint density at radius 2 is 1.70 bits per heavy atom. The normalized spacial score (nSPS) is 15.6. The van der Waals surface area contributed by atoms with Gasteiger partial charge in [0.05, 0.1) is 22.6 Å². The quantitative estimate of drug-likeness (QED) is 0.435. The van der Waals surface area contributed by atoms with Crippen molar-refractivity contribution >= 4 is 45.0 Å². The Hall–Kier alpha value is -3.66. The first-order valence-corrected chi connectivity index (χ1v) is 10.5. The Morgan fingerprint density at radius 3 is 2.42 bits per heavy atom. The maximum atomic E-state index is 13.4. The summed E-state index contributed by atoms with van der Waals surface area (Å²) in [6.07, 6.45) is -6.07. The number of aliphatic imine (C=N–C) groups is 1. The lowest BCUT2D eigenvalue weighted by Gasteiger charge is -2.17. The van der Waals surface area contributed by atoms with Crippen molar-refractivity contribution in [1.29, 1.82) is 0 Å². The SMILES string of the molecule is O=C(Nc1ccc(Br)cc1C(F)(F)F)NC1N=C(c2ccccc2)c2ccccc2NC1=O. The van der Waals surface area contributed by atoms with E-state index in [9.17, 15) is 22.8 Å². The van der Waals surface area contributed by atoms with Crippen LogP contribution in [0.15, 0.2) is 82.3 Å². The van der Waals surface area contributed by atoms with Gasteiger partial charge in [-0.15, -0.1) is 0 Å². The van der Waals surface area contributed by atoms with Crippen LogP contribution in [0.5, 0.6) is 0 Å². The summed E-state index contributed by atoms with van der Waals surface area (Å²) < 4.78 is 40.3. The van der Waals surface area contributed by atoms with Gasteiger partial charge in [-0.3, -0.25) is 4.79 Å². The van der Waals surface area contributed by atoms with Crippen LogP contribution >= 0.6 is 15.9 Å². The summed E-state index contributed by atoms with van der Waals surface area (Å²) in [5, 5.41) is 7.23. The van der Waals surface area contributed by atoms with Crippen molar-refractivity contribution in [2.24, 2.45) is 4.99 Å². The van der Waals surface area contributed by atoms with Gasteiger partial charge in [0.15, 0.2) is 0 Å².